The minimum Gasteiger partial charge on any atom is -0.438 e. The van der Waals surface area contributed by atoms with Gasteiger partial charge in [0.1, 0.15) is 0 Å². The van der Waals surface area contributed by atoms with Gasteiger partial charge < -0.3 is 19.1 Å². The molecule has 284 valence electrons. The summed E-state index contributed by atoms with van der Waals surface area (Å²) in [5.74, 6) is -2.08. The molecule has 1 heterocycles. The highest BCUT2D eigenvalue weighted by Crippen LogP contribution is 2.64. The molecule has 1 unspecified atom stereocenters. The number of benzene rings is 3. The summed E-state index contributed by atoms with van der Waals surface area (Å²) in [5, 5.41) is 0. The molecule has 3 aromatic carbocycles. The zero-order valence-corrected chi connectivity index (χ0v) is 32.4. The monoisotopic (exact) mass is 820 g/mol. The molecule has 16 heteroatoms. The molecule has 0 aliphatic carbocycles. The van der Waals surface area contributed by atoms with Gasteiger partial charge in [-0.05, 0) is 76.4 Å². The molecule has 0 saturated carbocycles. The van der Waals surface area contributed by atoms with E-state index in [-0.39, 0.29) is 23.1 Å². The number of hydrogen-bond donors (Lipinski definition) is 1. The summed E-state index contributed by atoms with van der Waals surface area (Å²) < 4.78 is 65.4. The molecule has 0 bridgehead atoms. The first-order valence-electron chi connectivity index (χ1n) is 16.2. The number of halogens is 3. The van der Waals surface area contributed by atoms with Gasteiger partial charge in [-0.3, -0.25) is 27.8 Å². The van der Waals surface area contributed by atoms with Crippen LogP contribution in [0, 0.1) is 10.8 Å². The summed E-state index contributed by atoms with van der Waals surface area (Å²) in [6, 6.07) is 18.9. The van der Waals surface area contributed by atoms with Crippen molar-refractivity contribution >= 4 is 41.4 Å². The zero-order valence-electron chi connectivity index (χ0n) is 29.9. The maximum Gasteiger partial charge on any atom is 0.404 e. The number of aromatic nitrogens is 2. The van der Waals surface area contributed by atoms with Crippen LogP contribution in [0.3, 0.4) is 0 Å². The molecule has 4 rings (SSSR count). The first-order chi connectivity index (χ1) is 24.6. The minimum absolute atomic E-state index is 0.0978. The van der Waals surface area contributed by atoms with Gasteiger partial charge in [0.2, 0.25) is 13.6 Å². The smallest absolute Gasteiger partial charge is 0.404 e. The Bertz CT molecular complexity index is 2070. The van der Waals surface area contributed by atoms with Crippen LogP contribution >= 0.6 is 23.5 Å². The van der Waals surface area contributed by atoms with Gasteiger partial charge in [-0.25, -0.2) is 9.59 Å². The Labute approximate surface area is 313 Å². The maximum absolute atomic E-state index is 15.4. The first kappa shape index (κ1) is 41.3. The highest BCUT2D eigenvalue weighted by Gasteiger charge is 2.54. The van der Waals surface area contributed by atoms with E-state index in [9.17, 15) is 28.6 Å². The fourth-order valence-corrected chi connectivity index (χ4v) is 6.39. The number of rotatable bonds is 13. The molecule has 0 aliphatic rings. The van der Waals surface area contributed by atoms with Crippen LogP contribution in [-0.2, 0) is 51.6 Å². The topological polar surface area (TPSA) is 152 Å². The van der Waals surface area contributed by atoms with Gasteiger partial charge in [0.15, 0.2) is 0 Å². The van der Waals surface area contributed by atoms with Crippen LogP contribution in [0.5, 0.6) is 0 Å². The number of alkyl halides is 2. The van der Waals surface area contributed by atoms with E-state index < -0.39 is 66.8 Å². The van der Waals surface area contributed by atoms with Crippen LogP contribution in [0.15, 0.2) is 88.3 Å². The largest absolute Gasteiger partial charge is 0.438 e. The van der Waals surface area contributed by atoms with Gasteiger partial charge >= 0.3 is 36.9 Å². The Morgan fingerprint density at radius 2 is 1.38 bits per heavy atom. The number of ether oxygens (including phenoxy) is 3. The number of hydrogen-bond acceptors (Lipinski definition) is 9. The number of carbonyl (C=O) groups is 3. The van der Waals surface area contributed by atoms with Crippen LogP contribution in [0.2, 0.25) is 0 Å². The third-order valence-electron chi connectivity index (χ3n) is 7.73. The molecular weight excluding hydrogens is 781 g/mol. The summed E-state index contributed by atoms with van der Waals surface area (Å²) in [6.45, 7) is 7.96. The lowest BCUT2D eigenvalue weighted by atomic mass is 9.97. The molecule has 0 fully saturated rings. The van der Waals surface area contributed by atoms with Gasteiger partial charge in [0.25, 0.3) is 0 Å². The number of imidazole rings is 1. The van der Waals surface area contributed by atoms with Crippen molar-refractivity contribution in [3.63, 3.8) is 0 Å². The van der Waals surface area contributed by atoms with Crippen molar-refractivity contribution < 1.29 is 51.4 Å². The zero-order chi connectivity index (χ0) is 39.4. The molecule has 1 atom stereocenters. The van der Waals surface area contributed by atoms with Crippen LogP contribution in [0.25, 0.3) is 11.3 Å². The van der Waals surface area contributed by atoms with Crippen molar-refractivity contribution in [2.75, 3.05) is 13.6 Å². The average molecular weight is 822 g/mol. The van der Waals surface area contributed by atoms with E-state index in [0.717, 1.165) is 11.6 Å². The fourth-order valence-electron chi connectivity index (χ4n) is 4.71. The summed E-state index contributed by atoms with van der Waals surface area (Å²) in [6.07, 6.45) is 1.64. The molecule has 1 N–H and O–H groups in total. The fraction of sp³-hybridized carbons (Fsp3) is 0.351. The lowest BCUT2D eigenvalue weighted by Gasteiger charge is -2.24. The van der Waals surface area contributed by atoms with Crippen molar-refractivity contribution in [1.29, 1.82) is 0 Å². The second-order valence-corrected chi connectivity index (χ2v) is 16.8. The minimum atomic E-state index is -5.70. The van der Waals surface area contributed by atoms with E-state index in [1.165, 1.54) is 54.2 Å². The second kappa shape index (κ2) is 16.3. The molecule has 0 amide bonds. The van der Waals surface area contributed by atoms with E-state index in [0.29, 0.717) is 16.8 Å². The van der Waals surface area contributed by atoms with E-state index in [1.54, 1.807) is 39.1 Å². The Hall–Kier alpha value is -4.43. The van der Waals surface area contributed by atoms with E-state index in [4.69, 9.17) is 14.2 Å². The van der Waals surface area contributed by atoms with Crippen molar-refractivity contribution in [3.8, 4) is 11.3 Å². The summed E-state index contributed by atoms with van der Waals surface area (Å²) in [7, 11) is -5.70. The lowest BCUT2D eigenvalue weighted by Crippen LogP contribution is -2.25. The van der Waals surface area contributed by atoms with Crippen molar-refractivity contribution in [2.45, 2.75) is 60.3 Å². The van der Waals surface area contributed by atoms with Crippen LogP contribution in [-0.4, -0.2) is 45.5 Å². The third-order valence-corrected chi connectivity index (χ3v) is 9.80. The van der Waals surface area contributed by atoms with Gasteiger partial charge in [0, 0.05) is 16.2 Å². The number of carbonyl (C=O) groups excluding carboxylic acids is 3. The second-order valence-electron chi connectivity index (χ2n) is 14.1. The normalized spacial score (nSPS) is 13.2. The van der Waals surface area contributed by atoms with Gasteiger partial charge in [0.05, 0.1) is 35.2 Å². The molecule has 0 aliphatic heterocycles. The molecule has 0 saturated heterocycles. The van der Waals surface area contributed by atoms with E-state index in [1.807, 2.05) is 30.3 Å². The first-order valence-corrected chi connectivity index (χ1v) is 18.6. The highest BCUT2D eigenvalue weighted by atomic mass is 79.9. The molecular formula is C37H40BrF2N2O10P. The quantitative estimate of drug-likeness (QED) is 0.0808. The Morgan fingerprint density at radius 3 is 1.94 bits per heavy atom. The van der Waals surface area contributed by atoms with Crippen LogP contribution in [0.4, 0.5) is 8.78 Å². The molecule has 53 heavy (non-hydrogen) atoms. The Balaban J connectivity index is 1.60. The van der Waals surface area contributed by atoms with Crippen molar-refractivity contribution in [3.05, 3.63) is 116 Å². The molecule has 12 nitrogen and oxygen atoms in total. The van der Waals surface area contributed by atoms with Crippen LogP contribution in [0.1, 0.15) is 68.6 Å². The molecule has 0 radical (unpaired) electrons. The lowest BCUT2D eigenvalue weighted by molar-refractivity contribution is -0.162. The average Bonchev–Trinajstić information content (AvgIpc) is 3.37. The standard InChI is InChI=1S/C37H40BrF2N2O10P/c1-35(2,3)32(44)50-22-49-31(43)27-15-13-26(14-16-27)30-21-41(19-24-10-8-7-9-11-24)34(46)42(30)20-25-12-17-28(29(38)18-25)37(39,40)53(47,48)52-23-51-33(45)36(4,5)6/h7-18,21H,19-20,22-23H2,1-6H3,(H,47,48). The van der Waals surface area contributed by atoms with Crippen LogP contribution < -0.4 is 5.69 Å². The predicted molar refractivity (Wildman–Crippen MR) is 194 cm³/mol. The summed E-state index contributed by atoms with van der Waals surface area (Å²) in [5.41, 5.74) is -5.07. The summed E-state index contributed by atoms with van der Waals surface area (Å²) in [4.78, 5) is 60.5. The maximum atomic E-state index is 15.4. The SMILES string of the molecule is CC(C)(C)C(=O)OCOC(=O)c1ccc(-c2cn(Cc3ccccc3)c(=O)n2Cc2ccc(C(F)(F)P(=O)(O)OCOC(=O)C(C)(C)C)c(Br)c2)cc1. The van der Waals surface area contributed by atoms with Gasteiger partial charge in [-0.15, -0.1) is 0 Å². The number of nitrogens with zero attached hydrogens (tertiary/aromatic N) is 2. The Morgan fingerprint density at radius 1 is 0.792 bits per heavy atom. The van der Waals surface area contributed by atoms with E-state index in [2.05, 4.69) is 20.5 Å². The summed E-state index contributed by atoms with van der Waals surface area (Å²) >= 11 is 3.08. The molecule has 1 aromatic heterocycles. The predicted octanol–water partition coefficient (Wildman–Crippen LogP) is 7.68. The molecule has 4 aromatic rings. The van der Waals surface area contributed by atoms with Gasteiger partial charge in [-0.2, -0.15) is 8.78 Å². The molecule has 0 spiro atoms. The number of esters is 3. The van der Waals surface area contributed by atoms with Crippen molar-refractivity contribution in [1.82, 2.24) is 9.13 Å². The Kier molecular flexibility index (Phi) is 12.7. The van der Waals surface area contributed by atoms with E-state index >= 15 is 8.78 Å². The van der Waals surface area contributed by atoms with Crippen molar-refractivity contribution in [2.24, 2.45) is 10.8 Å². The highest BCUT2D eigenvalue weighted by molar-refractivity contribution is 9.10. The third kappa shape index (κ3) is 10.2. The van der Waals surface area contributed by atoms with Gasteiger partial charge in [-0.1, -0.05) is 70.5 Å².